The molecule has 0 saturated carbocycles. The number of aromatic nitrogens is 2. The van der Waals surface area contributed by atoms with E-state index in [-0.39, 0.29) is 12.5 Å². The van der Waals surface area contributed by atoms with Crippen LogP contribution in [-0.4, -0.2) is 22.5 Å². The number of para-hydroxylation sites is 2. The van der Waals surface area contributed by atoms with Gasteiger partial charge in [0.25, 0.3) is 5.91 Å². The number of hydrogen-bond acceptors (Lipinski definition) is 4. The summed E-state index contributed by atoms with van der Waals surface area (Å²) in [6, 6.07) is 13.7. The molecule has 2 aromatic carbocycles. The molecule has 0 aliphatic rings. The van der Waals surface area contributed by atoms with Crippen LogP contribution in [0, 0.1) is 6.92 Å². The number of hydrogen-bond donors (Lipinski definition) is 1. The van der Waals surface area contributed by atoms with Gasteiger partial charge in [0.05, 0.1) is 10.9 Å². The molecule has 134 valence electrons. The molecular formula is C21H23N3O2. The van der Waals surface area contributed by atoms with Gasteiger partial charge in [-0.2, -0.15) is 4.98 Å². The van der Waals surface area contributed by atoms with Gasteiger partial charge in [-0.3, -0.25) is 4.79 Å². The van der Waals surface area contributed by atoms with Crippen LogP contribution >= 0.6 is 0 Å². The summed E-state index contributed by atoms with van der Waals surface area (Å²) in [6.45, 7) is 5.95. The highest BCUT2D eigenvalue weighted by Crippen LogP contribution is 2.23. The molecule has 1 aromatic heterocycles. The quantitative estimate of drug-likeness (QED) is 0.728. The Bertz CT molecular complexity index is 938. The molecule has 3 rings (SSSR count). The van der Waals surface area contributed by atoms with Crippen LogP contribution in [0.4, 0.5) is 5.69 Å². The second-order valence-corrected chi connectivity index (χ2v) is 6.12. The molecule has 1 amide bonds. The van der Waals surface area contributed by atoms with Crippen molar-refractivity contribution in [3.63, 3.8) is 0 Å². The summed E-state index contributed by atoms with van der Waals surface area (Å²) in [5.41, 5.74) is 3.84. The van der Waals surface area contributed by atoms with Gasteiger partial charge in [0.2, 0.25) is 5.88 Å². The van der Waals surface area contributed by atoms with Crippen LogP contribution in [0.1, 0.15) is 30.8 Å². The van der Waals surface area contributed by atoms with Crippen LogP contribution in [0.2, 0.25) is 0 Å². The van der Waals surface area contributed by atoms with E-state index >= 15 is 0 Å². The number of carbonyl (C=O) groups excluding carboxylic acids is 1. The Morgan fingerprint density at radius 1 is 1.04 bits per heavy atom. The highest BCUT2D eigenvalue weighted by molar-refractivity contribution is 5.93. The van der Waals surface area contributed by atoms with E-state index in [1.165, 1.54) is 0 Å². The van der Waals surface area contributed by atoms with E-state index < -0.39 is 0 Å². The fraction of sp³-hybridized carbons (Fsp3) is 0.286. The standard InChI is InChI=1S/C21H23N3O2/c1-4-15-10-8-9-14(3)20(15)24-19(25)13-26-21-16-11-6-7-12-17(16)22-18(5-2)23-21/h6-12H,4-5,13H2,1-3H3,(H,24,25). The molecule has 0 saturated heterocycles. The lowest BCUT2D eigenvalue weighted by Gasteiger charge is -2.14. The van der Waals surface area contributed by atoms with Crippen molar-refractivity contribution >= 4 is 22.5 Å². The minimum Gasteiger partial charge on any atom is -0.467 e. The lowest BCUT2D eigenvalue weighted by atomic mass is 10.1. The fourth-order valence-electron chi connectivity index (χ4n) is 2.87. The van der Waals surface area contributed by atoms with Gasteiger partial charge in [-0.15, -0.1) is 0 Å². The number of fused-ring (bicyclic) bond motifs is 1. The topological polar surface area (TPSA) is 64.1 Å². The first kappa shape index (κ1) is 17.9. The van der Waals surface area contributed by atoms with Crippen LogP contribution in [0.25, 0.3) is 10.9 Å². The van der Waals surface area contributed by atoms with Gasteiger partial charge >= 0.3 is 0 Å². The molecule has 5 nitrogen and oxygen atoms in total. The Hall–Kier alpha value is -2.95. The molecule has 26 heavy (non-hydrogen) atoms. The molecule has 0 fully saturated rings. The Balaban J connectivity index is 1.77. The number of nitrogens with one attached hydrogen (secondary N) is 1. The van der Waals surface area contributed by atoms with Gasteiger partial charge in [-0.25, -0.2) is 4.98 Å². The number of nitrogens with zero attached hydrogens (tertiary/aromatic N) is 2. The van der Waals surface area contributed by atoms with Gasteiger partial charge in [-0.05, 0) is 36.6 Å². The summed E-state index contributed by atoms with van der Waals surface area (Å²) in [5.74, 6) is 0.948. The maximum absolute atomic E-state index is 12.4. The monoisotopic (exact) mass is 349 g/mol. The molecule has 0 atom stereocenters. The van der Waals surface area contributed by atoms with Crippen LogP contribution in [0.5, 0.6) is 5.88 Å². The number of benzene rings is 2. The van der Waals surface area contributed by atoms with Crippen LogP contribution in [-0.2, 0) is 17.6 Å². The Morgan fingerprint density at radius 3 is 2.62 bits per heavy atom. The van der Waals surface area contributed by atoms with Crippen molar-refractivity contribution in [2.75, 3.05) is 11.9 Å². The van der Waals surface area contributed by atoms with Crippen LogP contribution in [0.3, 0.4) is 0 Å². The minimum absolute atomic E-state index is 0.0956. The van der Waals surface area contributed by atoms with Crippen molar-refractivity contribution in [1.29, 1.82) is 0 Å². The third kappa shape index (κ3) is 3.82. The maximum atomic E-state index is 12.4. The molecule has 5 heteroatoms. The van der Waals surface area contributed by atoms with Gasteiger partial charge < -0.3 is 10.1 Å². The second kappa shape index (κ2) is 7.95. The molecule has 1 heterocycles. The van der Waals surface area contributed by atoms with Gasteiger partial charge in [-0.1, -0.05) is 44.2 Å². The van der Waals surface area contributed by atoms with E-state index in [0.29, 0.717) is 18.1 Å². The average molecular weight is 349 g/mol. The third-order valence-electron chi connectivity index (χ3n) is 4.28. The molecule has 0 aliphatic carbocycles. The number of carbonyl (C=O) groups is 1. The van der Waals surface area contributed by atoms with Crippen molar-refractivity contribution in [2.45, 2.75) is 33.6 Å². The normalized spacial score (nSPS) is 10.7. The Kier molecular flexibility index (Phi) is 5.46. The Labute approximate surface area is 153 Å². The highest BCUT2D eigenvalue weighted by Gasteiger charge is 2.12. The lowest BCUT2D eigenvalue weighted by Crippen LogP contribution is -2.22. The summed E-state index contributed by atoms with van der Waals surface area (Å²) in [6.07, 6.45) is 1.56. The molecule has 0 spiro atoms. The predicted molar refractivity (Wildman–Crippen MR) is 104 cm³/mol. The van der Waals surface area contributed by atoms with E-state index in [0.717, 1.165) is 34.1 Å². The van der Waals surface area contributed by atoms with Gasteiger partial charge in [0, 0.05) is 12.1 Å². The Morgan fingerprint density at radius 2 is 1.85 bits per heavy atom. The SMILES string of the molecule is CCc1nc(OCC(=O)Nc2c(C)cccc2CC)c2ccccc2n1. The summed E-state index contributed by atoms with van der Waals surface area (Å²) < 4.78 is 5.75. The summed E-state index contributed by atoms with van der Waals surface area (Å²) in [4.78, 5) is 21.3. The van der Waals surface area contributed by atoms with Crippen molar-refractivity contribution in [3.8, 4) is 5.88 Å². The van der Waals surface area contributed by atoms with E-state index in [9.17, 15) is 4.79 Å². The van der Waals surface area contributed by atoms with E-state index in [1.807, 2.05) is 56.3 Å². The van der Waals surface area contributed by atoms with E-state index in [1.54, 1.807) is 0 Å². The zero-order valence-corrected chi connectivity index (χ0v) is 15.4. The van der Waals surface area contributed by atoms with Crippen LogP contribution in [0.15, 0.2) is 42.5 Å². The van der Waals surface area contributed by atoms with E-state index in [2.05, 4.69) is 22.2 Å². The first-order valence-electron chi connectivity index (χ1n) is 8.89. The zero-order chi connectivity index (χ0) is 18.5. The molecular weight excluding hydrogens is 326 g/mol. The van der Waals surface area contributed by atoms with E-state index in [4.69, 9.17) is 4.74 Å². The van der Waals surface area contributed by atoms with Gasteiger partial charge in [0.1, 0.15) is 5.82 Å². The number of ether oxygens (including phenoxy) is 1. The summed E-state index contributed by atoms with van der Waals surface area (Å²) >= 11 is 0. The molecule has 0 unspecified atom stereocenters. The number of rotatable bonds is 6. The first-order chi connectivity index (χ1) is 12.6. The highest BCUT2D eigenvalue weighted by atomic mass is 16.5. The number of amides is 1. The summed E-state index contributed by atoms with van der Waals surface area (Å²) in [5, 5.41) is 3.78. The predicted octanol–water partition coefficient (Wildman–Crippen LogP) is 4.08. The molecule has 0 aliphatic heterocycles. The smallest absolute Gasteiger partial charge is 0.262 e. The minimum atomic E-state index is -0.199. The van der Waals surface area contributed by atoms with Crippen molar-refractivity contribution in [3.05, 3.63) is 59.4 Å². The summed E-state index contributed by atoms with van der Waals surface area (Å²) in [7, 11) is 0. The molecule has 0 bridgehead atoms. The second-order valence-electron chi connectivity index (χ2n) is 6.12. The zero-order valence-electron chi connectivity index (χ0n) is 15.4. The van der Waals surface area contributed by atoms with Crippen molar-refractivity contribution in [1.82, 2.24) is 9.97 Å². The van der Waals surface area contributed by atoms with Crippen LogP contribution < -0.4 is 10.1 Å². The fourth-order valence-corrected chi connectivity index (χ4v) is 2.87. The number of anilines is 1. The molecule has 3 aromatic rings. The van der Waals surface area contributed by atoms with Crippen molar-refractivity contribution < 1.29 is 9.53 Å². The first-order valence-corrected chi connectivity index (χ1v) is 8.89. The van der Waals surface area contributed by atoms with Crippen molar-refractivity contribution in [2.24, 2.45) is 0 Å². The lowest BCUT2D eigenvalue weighted by molar-refractivity contribution is -0.118. The maximum Gasteiger partial charge on any atom is 0.262 e. The van der Waals surface area contributed by atoms with Gasteiger partial charge in [0.15, 0.2) is 6.61 Å². The number of aryl methyl sites for hydroxylation is 3. The average Bonchev–Trinajstić information content (AvgIpc) is 2.67. The third-order valence-corrected chi connectivity index (χ3v) is 4.28. The molecule has 1 N–H and O–H groups in total. The molecule has 0 radical (unpaired) electrons. The largest absolute Gasteiger partial charge is 0.467 e.